The van der Waals surface area contributed by atoms with E-state index in [4.69, 9.17) is 16.3 Å². The van der Waals surface area contributed by atoms with E-state index >= 15 is 0 Å². The van der Waals surface area contributed by atoms with Crippen molar-refractivity contribution < 1.29 is 9.53 Å². The zero-order valence-corrected chi connectivity index (χ0v) is 11.1. The molecular weight excluding hydrogens is 238 g/mol. The third-order valence-electron chi connectivity index (χ3n) is 2.65. The molecule has 0 aliphatic carbocycles. The van der Waals surface area contributed by atoms with Crippen LogP contribution in [-0.4, -0.2) is 18.9 Å². The van der Waals surface area contributed by atoms with Crippen LogP contribution in [-0.2, 0) is 4.79 Å². The first-order valence-corrected chi connectivity index (χ1v) is 6.12. The van der Waals surface area contributed by atoms with Gasteiger partial charge in [0.2, 0.25) is 5.91 Å². The van der Waals surface area contributed by atoms with Gasteiger partial charge in [-0.1, -0.05) is 19.1 Å². The number of carbonyl (C=O) groups excluding carboxylic acids is 1. The Balaban J connectivity index is 2.63. The Morgan fingerprint density at radius 3 is 2.41 bits per heavy atom. The average Bonchev–Trinajstić information content (AvgIpc) is 2.37. The SMILES string of the molecule is COc1ccc([C@H](C)NC(=O)C(C)CCl)cc1. The zero-order valence-electron chi connectivity index (χ0n) is 10.4. The van der Waals surface area contributed by atoms with E-state index in [2.05, 4.69) is 5.32 Å². The molecule has 0 aromatic heterocycles. The molecule has 4 heteroatoms. The fraction of sp³-hybridized carbons (Fsp3) is 0.462. The fourth-order valence-electron chi connectivity index (χ4n) is 1.40. The van der Waals surface area contributed by atoms with Gasteiger partial charge in [0.15, 0.2) is 0 Å². The van der Waals surface area contributed by atoms with Gasteiger partial charge in [-0.25, -0.2) is 0 Å². The molecule has 0 aliphatic rings. The van der Waals surface area contributed by atoms with E-state index in [0.717, 1.165) is 11.3 Å². The van der Waals surface area contributed by atoms with E-state index in [1.165, 1.54) is 0 Å². The highest BCUT2D eigenvalue weighted by atomic mass is 35.5. The van der Waals surface area contributed by atoms with Crippen LogP contribution in [0.5, 0.6) is 5.75 Å². The topological polar surface area (TPSA) is 38.3 Å². The Hall–Kier alpha value is -1.22. The summed E-state index contributed by atoms with van der Waals surface area (Å²) < 4.78 is 5.08. The van der Waals surface area contributed by atoms with Crippen molar-refractivity contribution in [3.8, 4) is 5.75 Å². The standard InChI is InChI=1S/C13H18ClNO2/c1-9(8-14)13(16)15-10(2)11-4-6-12(17-3)7-5-11/h4-7,9-10H,8H2,1-3H3,(H,15,16)/t9?,10-/m0/s1. The number of halogens is 1. The van der Waals surface area contributed by atoms with Crippen LogP contribution in [0, 0.1) is 5.92 Å². The Bertz CT molecular complexity index is 364. The van der Waals surface area contributed by atoms with Gasteiger partial charge in [-0.15, -0.1) is 11.6 Å². The van der Waals surface area contributed by atoms with E-state index < -0.39 is 0 Å². The van der Waals surface area contributed by atoms with Crippen molar-refractivity contribution in [2.45, 2.75) is 19.9 Å². The summed E-state index contributed by atoms with van der Waals surface area (Å²) in [5.74, 6) is 0.948. The molecule has 1 aromatic carbocycles. The second-order valence-corrected chi connectivity index (χ2v) is 4.37. The molecule has 1 aromatic rings. The Labute approximate surface area is 107 Å². The molecule has 0 spiro atoms. The molecule has 17 heavy (non-hydrogen) atoms. The predicted octanol–water partition coefficient (Wildman–Crippen LogP) is 2.75. The third-order valence-corrected chi connectivity index (χ3v) is 3.12. The molecule has 0 heterocycles. The van der Waals surface area contributed by atoms with Crippen LogP contribution in [0.4, 0.5) is 0 Å². The number of nitrogens with one attached hydrogen (secondary N) is 1. The number of rotatable bonds is 5. The lowest BCUT2D eigenvalue weighted by Crippen LogP contribution is -2.32. The summed E-state index contributed by atoms with van der Waals surface area (Å²) in [7, 11) is 1.63. The van der Waals surface area contributed by atoms with Gasteiger partial charge < -0.3 is 10.1 Å². The summed E-state index contributed by atoms with van der Waals surface area (Å²) in [6.45, 7) is 3.75. The molecule has 1 N–H and O–H groups in total. The van der Waals surface area contributed by atoms with Crippen molar-refractivity contribution in [3.63, 3.8) is 0 Å². The first-order valence-electron chi connectivity index (χ1n) is 5.58. The third kappa shape index (κ3) is 3.93. The molecule has 0 fully saturated rings. The number of ether oxygens (including phenoxy) is 1. The molecule has 1 amide bonds. The highest BCUT2D eigenvalue weighted by Gasteiger charge is 2.14. The molecule has 1 rings (SSSR count). The normalized spacial score (nSPS) is 13.9. The van der Waals surface area contributed by atoms with Crippen LogP contribution >= 0.6 is 11.6 Å². The molecule has 0 saturated carbocycles. The number of hydrogen-bond donors (Lipinski definition) is 1. The van der Waals surface area contributed by atoms with E-state index in [0.29, 0.717) is 5.88 Å². The minimum absolute atomic E-state index is 0.0247. The number of hydrogen-bond acceptors (Lipinski definition) is 2. The molecular formula is C13H18ClNO2. The van der Waals surface area contributed by atoms with E-state index in [-0.39, 0.29) is 17.9 Å². The Kier molecular flexibility index (Phi) is 5.29. The number of amides is 1. The van der Waals surface area contributed by atoms with Crippen molar-refractivity contribution >= 4 is 17.5 Å². The van der Waals surface area contributed by atoms with E-state index in [1.54, 1.807) is 7.11 Å². The van der Waals surface area contributed by atoms with Crippen LogP contribution in [0.2, 0.25) is 0 Å². The van der Waals surface area contributed by atoms with Crippen LogP contribution in [0.3, 0.4) is 0 Å². The number of alkyl halides is 1. The second kappa shape index (κ2) is 6.50. The Morgan fingerprint density at radius 2 is 1.94 bits per heavy atom. The highest BCUT2D eigenvalue weighted by Crippen LogP contribution is 2.17. The van der Waals surface area contributed by atoms with Gasteiger partial charge in [0.05, 0.1) is 13.2 Å². The minimum Gasteiger partial charge on any atom is -0.497 e. The maximum Gasteiger partial charge on any atom is 0.224 e. The van der Waals surface area contributed by atoms with Gasteiger partial charge in [0.1, 0.15) is 5.75 Å². The number of benzene rings is 1. The first kappa shape index (κ1) is 13.8. The summed E-state index contributed by atoms with van der Waals surface area (Å²) in [6, 6.07) is 7.61. The number of methoxy groups -OCH3 is 1. The lowest BCUT2D eigenvalue weighted by Gasteiger charge is -2.17. The van der Waals surface area contributed by atoms with Crippen molar-refractivity contribution in [3.05, 3.63) is 29.8 Å². The molecule has 0 radical (unpaired) electrons. The van der Waals surface area contributed by atoms with E-state index in [1.807, 2.05) is 38.1 Å². The maximum absolute atomic E-state index is 11.7. The predicted molar refractivity (Wildman–Crippen MR) is 69.4 cm³/mol. The number of carbonyl (C=O) groups is 1. The van der Waals surface area contributed by atoms with Gasteiger partial charge in [0.25, 0.3) is 0 Å². The second-order valence-electron chi connectivity index (χ2n) is 4.06. The summed E-state index contributed by atoms with van der Waals surface area (Å²) in [6.07, 6.45) is 0. The van der Waals surface area contributed by atoms with Gasteiger partial charge in [-0.3, -0.25) is 4.79 Å². The summed E-state index contributed by atoms with van der Waals surface area (Å²) in [5.41, 5.74) is 1.04. The van der Waals surface area contributed by atoms with Crippen molar-refractivity contribution in [2.75, 3.05) is 13.0 Å². The average molecular weight is 256 g/mol. The van der Waals surface area contributed by atoms with Crippen molar-refractivity contribution in [1.82, 2.24) is 5.32 Å². The summed E-state index contributed by atoms with van der Waals surface area (Å²) in [5, 5.41) is 2.92. The van der Waals surface area contributed by atoms with Gasteiger partial charge in [-0.05, 0) is 24.6 Å². The molecule has 94 valence electrons. The van der Waals surface area contributed by atoms with Crippen LogP contribution in [0.25, 0.3) is 0 Å². The monoisotopic (exact) mass is 255 g/mol. The largest absolute Gasteiger partial charge is 0.497 e. The maximum atomic E-state index is 11.7. The molecule has 3 nitrogen and oxygen atoms in total. The van der Waals surface area contributed by atoms with Crippen LogP contribution in [0.15, 0.2) is 24.3 Å². The lowest BCUT2D eigenvalue weighted by atomic mass is 10.1. The van der Waals surface area contributed by atoms with Gasteiger partial charge >= 0.3 is 0 Å². The van der Waals surface area contributed by atoms with Crippen molar-refractivity contribution in [1.29, 1.82) is 0 Å². The lowest BCUT2D eigenvalue weighted by molar-refractivity contribution is -0.124. The summed E-state index contributed by atoms with van der Waals surface area (Å²) >= 11 is 5.64. The smallest absolute Gasteiger partial charge is 0.224 e. The molecule has 0 saturated heterocycles. The van der Waals surface area contributed by atoms with Crippen LogP contribution in [0.1, 0.15) is 25.5 Å². The zero-order chi connectivity index (χ0) is 12.8. The molecule has 0 bridgehead atoms. The van der Waals surface area contributed by atoms with E-state index in [9.17, 15) is 4.79 Å². The van der Waals surface area contributed by atoms with Gasteiger partial charge in [-0.2, -0.15) is 0 Å². The quantitative estimate of drug-likeness (QED) is 0.822. The van der Waals surface area contributed by atoms with Crippen LogP contribution < -0.4 is 10.1 Å². The minimum atomic E-state index is -0.169. The molecule has 1 unspecified atom stereocenters. The van der Waals surface area contributed by atoms with Gasteiger partial charge in [0, 0.05) is 11.8 Å². The fourth-order valence-corrected chi connectivity index (χ4v) is 1.54. The van der Waals surface area contributed by atoms with Crippen molar-refractivity contribution in [2.24, 2.45) is 5.92 Å². The molecule has 0 aliphatic heterocycles. The summed E-state index contributed by atoms with van der Waals surface area (Å²) in [4.78, 5) is 11.7. The molecule has 2 atom stereocenters. The first-order chi connectivity index (χ1) is 8.08. The highest BCUT2D eigenvalue weighted by molar-refractivity contribution is 6.19. The Morgan fingerprint density at radius 1 is 1.35 bits per heavy atom.